The Morgan fingerprint density at radius 1 is 1.05 bits per heavy atom. The van der Waals surface area contributed by atoms with Gasteiger partial charge in [0.15, 0.2) is 0 Å². The van der Waals surface area contributed by atoms with Crippen LogP contribution in [-0.2, 0) is 6.61 Å². The van der Waals surface area contributed by atoms with Gasteiger partial charge in [-0.2, -0.15) is 5.10 Å². The normalized spacial score (nSPS) is 10.7. The number of halogens is 1. The van der Waals surface area contributed by atoms with Crippen LogP contribution in [0.4, 0.5) is 4.39 Å². The molecule has 0 radical (unpaired) electrons. The average molecular weight is 269 g/mol. The monoisotopic (exact) mass is 269 g/mol. The van der Waals surface area contributed by atoms with E-state index in [1.165, 1.54) is 12.1 Å². The molecule has 0 aliphatic heterocycles. The smallest absolute Gasteiger partial charge is 0.123 e. The third-order valence-electron chi connectivity index (χ3n) is 3.01. The van der Waals surface area contributed by atoms with Crippen molar-refractivity contribution in [1.82, 2.24) is 14.8 Å². The first-order valence-corrected chi connectivity index (χ1v) is 6.13. The average Bonchev–Trinajstić information content (AvgIpc) is 2.93. The van der Waals surface area contributed by atoms with Crippen molar-refractivity contribution in [3.05, 3.63) is 66.4 Å². The molecule has 20 heavy (non-hydrogen) atoms. The summed E-state index contributed by atoms with van der Waals surface area (Å²) in [6.07, 6.45) is 5.09. The van der Waals surface area contributed by atoms with Crippen LogP contribution in [0.3, 0.4) is 0 Å². The molecule has 0 amide bonds. The Morgan fingerprint density at radius 3 is 2.40 bits per heavy atom. The lowest BCUT2D eigenvalue weighted by Gasteiger charge is -2.00. The lowest BCUT2D eigenvalue weighted by atomic mass is 10.1. The van der Waals surface area contributed by atoms with Gasteiger partial charge >= 0.3 is 0 Å². The maximum absolute atomic E-state index is 12.9. The molecular formula is C15H12FN3O. The molecule has 3 rings (SSSR count). The van der Waals surface area contributed by atoms with Gasteiger partial charge in [0.05, 0.1) is 18.0 Å². The first-order chi connectivity index (χ1) is 9.78. The summed E-state index contributed by atoms with van der Waals surface area (Å²) in [5.41, 5.74) is 3.02. The van der Waals surface area contributed by atoms with Crippen molar-refractivity contribution in [3.63, 3.8) is 0 Å². The quantitative estimate of drug-likeness (QED) is 0.795. The van der Waals surface area contributed by atoms with Crippen LogP contribution in [0.2, 0.25) is 0 Å². The number of pyridine rings is 1. The van der Waals surface area contributed by atoms with Gasteiger partial charge < -0.3 is 5.11 Å². The molecule has 0 spiro atoms. The number of benzene rings is 1. The summed E-state index contributed by atoms with van der Waals surface area (Å²) >= 11 is 0. The molecule has 5 heteroatoms. The summed E-state index contributed by atoms with van der Waals surface area (Å²) in [6, 6.07) is 9.69. The molecule has 3 aromatic rings. The minimum absolute atomic E-state index is 0.112. The zero-order valence-corrected chi connectivity index (χ0v) is 10.6. The van der Waals surface area contributed by atoms with Crippen molar-refractivity contribution in [2.45, 2.75) is 6.61 Å². The Bertz CT molecular complexity index is 708. The molecule has 1 aromatic carbocycles. The zero-order chi connectivity index (χ0) is 13.9. The fourth-order valence-electron chi connectivity index (χ4n) is 2.00. The van der Waals surface area contributed by atoms with E-state index < -0.39 is 0 Å². The third kappa shape index (κ3) is 2.31. The summed E-state index contributed by atoms with van der Waals surface area (Å²) in [6.45, 7) is -0.112. The Kier molecular flexibility index (Phi) is 3.26. The van der Waals surface area contributed by atoms with Crippen LogP contribution < -0.4 is 0 Å². The van der Waals surface area contributed by atoms with E-state index in [4.69, 9.17) is 0 Å². The van der Waals surface area contributed by atoms with E-state index in [0.717, 1.165) is 11.3 Å². The lowest BCUT2D eigenvalue weighted by Crippen LogP contribution is -1.94. The van der Waals surface area contributed by atoms with Gasteiger partial charge in [-0.15, -0.1) is 0 Å². The van der Waals surface area contributed by atoms with E-state index in [1.807, 2.05) is 12.1 Å². The van der Waals surface area contributed by atoms with Crippen LogP contribution in [0.25, 0.3) is 16.9 Å². The van der Waals surface area contributed by atoms with Gasteiger partial charge in [-0.1, -0.05) is 0 Å². The highest BCUT2D eigenvalue weighted by atomic mass is 19.1. The molecule has 100 valence electrons. The number of aliphatic hydroxyl groups is 1. The third-order valence-corrected chi connectivity index (χ3v) is 3.01. The molecule has 0 fully saturated rings. The summed E-state index contributed by atoms with van der Waals surface area (Å²) < 4.78 is 14.6. The largest absolute Gasteiger partial charge is 0.392 e. The molecule has 0 saturated carbocycles. The predicted octanol–water partition coefficient (Wildman–Crippen LogP) is 2.57. The molecule has 0 saturated heterocycles. The zero-order valence-electron chi connectivity index (χ0n) is 10.6. The fraction of sp³-hybridized carbons (Fsp3) is 0.0667. The lowest BCUT2D eigenvalue weighted by molar-refractivity contribution is 0.282. The van der Waals surface area contributed by atoms with Gasteiger partial charge in [0.25, 0.3) is 0 Å². The first-order valence-electron chi connectivity index (χ1n) is 6.13. The highest BCUT2D eigenvalue weighted by Crippen LogP contribution is 2.23. The minimum Gasteiger partial charge on any atom is -0.392 e. The predicted molar refractivity (Wildman–Crippen MR) is 72.7 cm³/mol. The Hall–Kier alpha value is -2.53. The van der Waals surface area contributed by atoms with Crippen molar-refractivity contribution in [3.8, 4) is 16.9 Å². The standard InChI is InChI=1S/C15H12FN3O/c16-13-1-3-14(4-2-13)19-9-12(10-20)15(18-19)11-5-7-17-8-6-11/h1-9,20H,10H2. The van der Waals surface area contributed by atoms with Gasteiger partial charge in [-0.05, 0) is 36.4 Å². The van der Waals surface area contributed by atoms with Crippen molar-refractivity contribution in [2.75, 3.05) is 0 Å². The van der Waals surface area contributed by atoms with Crippen molar-refractivity contribution >= 4 is 0 Å². The Labute approximate surface area is 115 Å². The SMILES string of the molecule is OCc1cn(-c2ccc(F)cc2)nc1-c1ccncc1. The maximum Gasteiger partial charge on any atom is 0.123 e. The molecule has 0 unspecified atom stereocenters. The van der Waals surface area contributed by atoms with Crippen LogP contribution in [0, 0.1) is 5.82 Å². The Balaban J connectivity index is 2.07. The molecule has 0 aliphatic rings. The molecule has 0 bridgehead atoms. The second kappa shape index (κ2) is 5.22. The second-order valence-electron chi connectivity index (χ2n) is 4.32. The van der Waals surface area contributed by atoms with Gasteiger partial charge in [0, 0.05) is 29.7 Å². The molecule has 0 aliphatic carbocycles. The van der Waals surface area contributed by atoms with E-state index >= 15 is 0 Å². The van der Waals surface area contributed by atoms with Gasteiger partial charge in [0.2, 0.25) is 0 Å². The number of aromatic nitrogens is 3. The molecule has 0 atom stereocenters. The molecular weight excluding hydrogens is 257 g/mol. The molecule has 2 aromatic heterocycles. The van der Waals surface area contributed by atoms with Crippen LogP contribution in [0.15, 0.2) is 55.0 Å². The van der Waals surface area contributed by atoms with E-state index in [-0.39, 0.29) is 12.4 Å². The summed E-state index contributed by atoms with van der Waals surface area (Å²) in [5, 5.41) is 13.9. The van der Waals surface area contributed by atoms with Crippen molar-refractivity contribution in [1.29, 1.82) is 0 Å². The van der Waals surface area contributed by atoms with Gasteiger partial charge in [-0.3, -0.25) is 4.98 Å². The van der Waals surface area contributed by atoms with Crippen molar-refractivity contribution in [2.24, 2.45) is 0 Å². The maximum atomic E-state index is 12.9. The molecule has 2 heterocycles. The number of hydrogen-bond donors (Lipinski definition) is 1. The first kappa shape index (κ1) is 12.5. The highest BCUT2D eigenvalue weighted by Gasteiger charge is 2.11. The number of aliphatic hydroxyl groups excluding tert-OH is 1. The number of hydrogen-bond acceptors (Lipinski definition) is 3. The topological polar surface area (TPSA) is 50.9 Å². The summed E-state index contributed by atoms with van der Waals surface area (Å²) in [4.78, 5) is 3.96. The molecule has 4 nitrogen and oxygen atoms in total. The van der Waals surface area contributed by atoms with E-state index in [0.29, 0.717) is 11.3 Å². The van der Waals surface area contributed by atoms with Crippen LogP contribution in [0.5, 0.6) is 0 Å². The van der Waals surface area contributed by atoms with Crippen LogP contribution >= 0.6 is 0 Å². The highest BCUT2D eigenvalue weighted by molar-refractivity contribution is 5.62. The van der Waals surface area contributed by atoms with Gasteiger partial charge in [0.1, 0.15) is 5.82 Å². The van der Waals surface area contributed by atoms with E-state index in [9.17, 15) is 9.50 Å². The van der Waals surface area contributed by atoms with Crippen molar-refractivity contribution < 1.29 is 9.50 Å². The summed E-state index contributed by atoms with van der Waals surface area (Å²) in [7, 11) is 0. The fourth-order valence-corrected chi connectivity index (χ4v) is 2.00. The van der Waals surface area contributed by atoms with Gasteiger partial charge in [-0.25, -0.2) is 9.07 Å². The van der Waals surface area contributed by atoms with Crippen LogP contribution in [0.1, 0.15) is 5.56 Å². The minimum atomic E-state index is -0.294. The number of nitrogens with zero attached hydrogens (tertiary/aromatic N) is 3. The Morgan fingerprint density at radius 2 is 1.75 bits per heavy atom. The second-order valence-corrected chi connectivity index (χ2v) is 4.32. The van der Waals surface area contributed by atoms with E-state index in [1.54, 1.807) is 35.4 Å². The summed E-state index contributed by atoms with van der Waals surface area (Å²) in [5.74, 6) is -0.294. The number of rotatable bonds is 3. The van der Waals surface area contributed by atoms with E-state index in [2.05, 4.69) is 10.1 Å². The van der Waals surface area contributed by atoms with Crippen LogP contribution in [-0.4, -0.2) is 19.9 Å². The molecule has 1 N–H and O–H groups in total.